The molecule has 0 atom stereocenters. The van der Waals surface area contributed by atoms with Crippen LogP contribution in [-0.4, -0.2) is 26.7 Å². The first kappa shape index (κ1) is 16.1. The number of nitrogens with one attached hydrogen (secondary N) is 1. The van der Waals surface area contributed by atoms with E-state index in [9.17, 15) is 4.79 Å². The lowest BCUT2D eigenvalue weighted by Crippen LogP contribution is -2.27. The quantitative estimate of drug-likeness (QED) is 0.924. The number of fused-ring (bicyclic) bond motifs is 2. The molecule has 0 unspecified atom stereocenters. The second-order valence-corrected chi connectivity index (χ2v) is 5.71. The fourth-order valence-electron chi connectivity index (χ4n) is 2.92. The molecule has 0 spiro atoms. The number of hydrogen-bond acceptors (Lipinski definition) is 3. The van der Waals surface area contributed by atoms with Crippen molar-refractivity contribution in [3.63, 3.8) is 0 Å². The highest BCUT2D eigenvalue weighted by Gasteiger charge is 2.12. The minimum Gasteiger partial charge on any atom is -0.493 e. The molecule has 0 aliphatic carbocycles. The molecule has 1 N–H and O–H groups in total. The summed E-state index contributed by atoms with van der Waals surface area (Å²) in [6, 6.07) is 11.9. The van der Waals surface area contributed by atoms with E-state index < -0.39 is 0 Å². The van der Waals surface area contributed by atoms with Gasteiger partial charge in [-0.2, -0.15) is 0 Å². The Kier molecular flexibility index (Phi) is 4.85. The van der Waals surface area contributed by atoms with Crippen LogP contribution in [0.2, 0.25) is 0 Å². The van der Waals surface area contributed by atoms with Crippen LogP contribution in [0.5, 0.6) is 11.5 Å². The number of rotatable bonds is 2. The van der Waals surface area contributed by atoms with E-state index in [-0.39, 0.29) is 5.91 Å². The monoisotopic (exact) mass is 323 g/mol. The molecule has 1 amide bonds. The second-order valence-electron chi connectivity index (χ2n) is 5.71. The van der Waals surface area contributed by atoms with E-state index in [1.807, 2.05) is 36.4 Å². The van der Waals surface area contributed by atoms with Crippen LogP contribution in [0.3, 0.4) is 0 Å². The molecule has 3 rings (SSSR count). The molecule has 4 nitrogen and oxygen atoms in total. The van der Waals surface area contributed by atoms with Crippen molar-refractivity contribution in [3.8, 4) is 11.5 Å². The predicted molar refractivity (Wildman–Crippen MR) is 95.3 cm³/mol. The molecule has 124 valence electrons. The summed E-state index contributed by atoms with van der Waals surface area (Å²) >= 11 is 0. The zero-order chi connectivity index (χ0) is 16.9. The van der Waals surface area contributed by atoms with Gasteiger partial charge in [-0.15, -0.1) is 0 Å². The van der Waals surface area contributed by atoms with Crippen molar-refractivity contribution in [3.05, 3.63) is 58.7 Å². The molecule has 2 aromatic carbocycles. The molecule has 24 heavy (non-hydrogen) atoms. The van der Waals surface area contributed by atoms with Gasteiger partial charge in [0.25, 0.3) is 0 Å². The van der Waals surface area contributed by atoms with E-state index in [0.29, 0.717) is 24.5 Å². The van der Waals surface area contributed by atoms with Gasteiger partial charge in [0.15, 0.2) is 11.5 Å². The SMILES string of the molecule is COc1cc2c(cc1OC)CCNC(=O)Cc1ccccc1/C=C\2. The summed E-state index contributed by atoms with van der Waals surface area (Å²) in [4.78, 5) is 12.1. The largest absolute Gasteiger partial charge is 0.493 e. The number of benzene rings is 2. The molecule has 0 radical (unpaired) electrons. The van der Waals surface area contributed by atoms with E-state index in [4.69, 9.17) is 9.47 Å². The number of amides is 1. The lowest BCUT2D eigenvalue weighted by Gasteiger charge is -2.13. The zero-order valence-corrected chi connectivity index (χ0v) is 14.0. The fraction of sp³-hybridized carbons (Fsp3) is 0.250. The highest BCUT2D eigenvalue weighted by atomic mass is 16.5. The van der Waals surface area contributed by atoms with Gasteiger partial charge in [0.05, 0.1) is 20.6 Å². The normalized spacial score (nSPS) is 15.3. The second kappa shape index (κ2) is 7.21. The number of carbonyl (C=O) groups is 1. The van der Waals surface area contributed by atoms with Crippen molar-refractivity contribution >= 4 is 18.1 Å². The number of ether oxygens (including phenoxy) is 2. The Balaban J connectivity index is 2.08. The molecule has 0 aromatic heterocycles. The highest BCUT2D eigenvalue weighted by Crippen LogP contribution is 2.32. The molecule has 0 fully saturated rings. The summed E-state index contributed by atoms with van der Waals surface area (Å²) in [6.07, 6.45) is 5.26. The van der Waals surface area contributed by atoms with Crippen LogP contribution in [0.4, 0.5) is 0 Å². The summed E-state index contributed by atoms with van der Waals surface area (Å²) in [5, 5.41) is 2.99. The van der Waals surface area contributed by atoms with Crippen molar-refractivity contribution < 1.29 is 14.3 Å². The van der Waals surface area contributed by atoms with Crippen LogP contribution in [0.1, 0.15) is 22.3 Å². The van der Waals surface area contributed by atoms with Gasteiger partial charge in [-0.1, -0.05) is 36.4 Å². The van der Waals surface area contributed by atoms with Crippen molar-refractivity contribution in [2.24, 2.45) is 0 Å². The van der Waals surface area contributed by atoms with Gasteiger partial charge in [0, 0.05) is 6.54 Å². The van der Waals surface area contributed by atoms with Crippen molar-refractivity contribution in [1.29, 1.82) is 0 Å². The van der Waals surface area contributed by atoms with Gasteiger partial charge in [-0.3, -0.25) is 4.79 Å². The summed E-state index contributed by atoms with van der Waals surface area (Å²) in [5.74, 6) is 1.44. The summed E-state index contributed by atoms with van der Waals surface area (Å²) in [5.41, 5.74) is 4.26. The summed E-state index contributed by atoms with van der Waals surface area (Å²) in [6.45, 7) is 0.595. The van der Waals surface area contributed by atoms with Crippen LogP contribution in [0.15, 0.2) is 36.4 Å². The number of carbonyl (C=O) groups excluding carboxylic acids is 1. The van der Waals surface area contributed by atoms with Crippen molar-refractivity contribution in [1.82, 2.24) is 5.32 Å². The highest BCUT2D eigenvalue weighted by molar-refractivity contribution is 5.82. The Labute approximate surface area is 142 Å². The van der Waals surface area contributed by atoms with E-state index in [1.54, 1.807) is 14.2 Å². The first-order valence-corrected chi connectivity index (χ1v) is 7.99. The molecular weight excluding hydrogens is 302 g/mol. The molecule has 1 heterocycles. The molecule has 4 heteroatoms. The van der Waals surface area contributed by atoms with Crippen molar-refractivity contribution in [2.75, 3.05) is 20.8 Å². The number of hydrogen-bond donors (Lipinski definition) is 1. The average Bonchev–Trinajstić information content (AvgIpc) is 2.63. The minimum absolute atomic E-state index is 0.0415. The van der Waals surface area contributed by atoms with Gasteiger partial charge >= 0.3 is 0 Å². The zero-order valence-electron chi connectivity index (χ0n) is 14.0. The third-order valence-electron chi connectivity index (χ3n) is 4.21. The maximum Gasteiger partial charge on any atom is 0.224 e. The Morgan fingerprint density at radius 3 is 2.42 bits per heavy atom. The molecule has 2 aromatic rings. The fourth-order valence-corrected chi connectivity index (χ4v) is 2.92. The Morgan fingerprint density at radius 1 is 0.917 bits per heavy atom. The van der Waals surface area contributed by atoms with E-state index >= 15 is 0 Å². The third-order valence-corrected chi connectivity index (χ3v) is 4.21. The molecule has 1 aliphatic heterocycles. The predicted octanol–water partition coefficient (Wildman–Crippen LogP) is 3.09. The first-order chi connectivity index (χ1) is 11.7. The van der Waals surface area contributed by atoms with Crippen molar-refractivity contribution in [2.45, 2.75) is 12.8 Å². The Hall–Kier alpha value is -2.75. The standard InChI is InChI=1S/C20H21NO3/c1-23-18-11-16-8-7-14-5-3-4-6-15(14)13-20(22)21-10-9-17(16)12-19(18)24-2/h3-8,11-12H,9-10,13H2,1-2H3,(H,21,22)/b8-7-. The summed E-state index contributed by atoms with van der Waals surface area (Å²) in [7, 11) is 3.26. The smallest absolute Gasteiger partial charge is 0.224 e. The minimum atomic E-state index is 0.0415. The Bertz CT molecular complexity index is 780. The van der Waals surface area contributed by atoms with Crippen LogP contribution < -0.4 is 14.8 Å². The lowest BCUT2D eigenvalue weighted by atomic mass is 10.0. The summed E-state index contributed by atoms with van der Waals surface area (Å²) < 4.78 is 10.8. The van der Waals surface area contributed by atoms with E-state index in [0.717, 1.165) is 28.7 Å². The lowest BCUT2D eigenvalue weighted by molar-refractivity contribution is -0.120. The van der Waals surface area contributed by atoms with Crippen LogP contribution in [0.25, 0.3) is 12.2 Å². The van der Waals surface area contributed by atoms with E-state index in [2.05, 4.69) is 17.5 Å². The molecule has 0 saturated carbocycles. The van der Waals surface area contributed by atoms with Crippen LogP contribution in [-0.2, 0) is 17.6 Å². The average molecular weight is 323 g/mol. The first-order valence-electron chi connectivity index (χ1n) is 7.99. The Morgan fingerprint density at radius 2 is 1.62 bits per heavy atom. The topological polar surface area (TPSA) is 47.6 Å². The maximum atomic E-state index is 12.1. The van der Waals surface area contributed by atoms with Gasteiger partial charge in [0.1, 0.15) is 0 Å². The molecule has 0 bridgehead atoms. The van der Waals surface area contributed by atoms with Gasteiger partial charge < -0.3 is 14.8 Å². The molecule has 1 aliphatic rings. The maximum absolute atomic E-state index is 12.1. The molecular formula is C20H21NO3. The third kappa shape index (κ3) is 3.43. The van der Waals surface area contributed by atoms with Gasteiger partial charge in [-0.25, -0.2) is 0 Å². The van der Waals surface area contributed by atoms with Crippen LogP contribution in [0, 0.1) is 0 Å². The molecule has 0 saturated heterocycles. The number of methoxy groups -OCH3 is 2. The van der Waals surface area contributed by atoms with Crippen LogP contribution >= 0.6 is 0 Å². The van der Waals surface area contributed by atoms with Gasteiger partial charge in [0.2, 0.25) is 5.91 Å². The van der Waals surface area contributed by atoms with Gasteiger partial charge in [-0.05, 0) is 40.8 Å². The van der Waals surface area contributed by atoms with E-state index in [1.165, 1.54) is 0 Å².